The quantitative estimate of drug-likeness (QED) is 0.869. The number of sulfonamides is 1. The maximum absolute atomic E-state index is 12.8. The summed E-state index contributed by atoms with van der Waals surface area (Å²) in [6.07, 6.45) is 7.34. The zero-order valence-electron chi connectivity index (χ0n) is 12.5. The van der Waals surface area contributed by atoms with Crippen LogP contribution in [0.4, 0.5) is 0 Å². The molecule has 3 heterocycles. The fourth-order valence-corrected chi connectivity index (χ4v) is 5.20. The molecule has 1 fully saturated rings. The Bertz CT molecular complexity index is 849. The predicted molar refractivity (Wildman–Crippen MR) is 87.7 cm³/mol. The summed E-state index contributed by atoms with van der Waals surface area (Å²) >= 11 is 0. The second-order valence-corrected chi connectivity index (χ2v) is 7.69. The van der Waals surface area contributed by atoms with Crippen molar-refractivity contribution in [1.82, 2.24) is 14.3 Å². The van der Waals surface area contributed by atoms with E-state index in [1.807, 2.05) is 30.3 Å². The Labute approximate surface area is 135 Å². The van der Waals surface area contributed by atoms with Gasteiger partial charge in [0.15, 0.2) is 0 Å². The van der Waals surface area contributed by atoms with Crippen molar-refractivity contribution in [2.75, 3.05) is 0 Å². The Morgan fingerprint density at radius 1 is 1.17 bits per heavy atom. The molecule has 6 heteroatoms. The third-order valence-corrected chi connectivity index (χ3v) is 6.20. The molecular formula is C17H17N3O2S. The Kier molecular flexibility index (Phi) is 3.50. The van der Waals surface area contributed by atoms with Gasteiger partial charge in [-0.3, -0.25) is 0 Å². The lowest BCUT2D eigenvalue weighted by atomic mass is 10.0. The molecule has 0 unspecified atom stereocenters. The third kappa shape index (κ3) is 2.58. The lowest BCUT2D eigenvalue weighted by molar-refractivity contribution is 0.304. The van der Waals surface area contributed by atoms with Crippen molar-refractivity contribution in [3.05, 3.63) is 65.1 Å². The van der Waals surface area contributed by atoms with E-state index in [1.165, 1.54) is 11.7 Å². The second kappa shape index (κ2) is 5.54. The van der Waals surface area contributed by atoms with Gasteiger partial charge in [-0.1, -0.05) is 30.3 Å². The molecule has 1 saturated heterocycles. The van der Waals surface area contributed by atoms with Gasteiger partial charge in [0.05, 0.1) is 11.7 Å². The molecule has 0 saturated carbocycles. The van der Waals surface area contributed by atoms with Crippen molar-refractivity contribution in [2.45, 2.75) is 31.3 Å². The van der Waals surface area contributed by atoms with Crippen molar-refractivity contribution in [3.63, 3.8) is 0 Å². The summed E-state index contributed by atoms with van der Waals surface area (Å²) in [6.45, 7) is 0. The van der Waals surface area contributed by atoms with E-state index >= 15 is 0 Å². The Hall–Kier alpha value is -2.05. The summed E-state index contributed by atoms with van der Waals surface area (Å²) in [7, 11) is -3.46. The van der Waals surface area contributed by atoms with E-state index in [9.17, 15) is 8.42 Å². The first-order valence-corrected chi connectivity index (χ1v) is 9.21. The van der Waals surface area contributed by atoms with Crippen LogP contribution in [0.15, 0.2) is 48.3 Å². The molecule has 0 spiro atoms. The zero-order valence-corrected chi connectivity index (χ0v) is 13.4. The molecule has 5 nitrogen and oxygen atoms in total. The van der Waals surface area contributed by atoms with Crippen molar-refractivity contribution in [3.8, 4) is 0 Å². The minimum Gasteiger partial charge on any atom is -0.244 e. The fraction of sp³-hybridized carbons (Fsp3) is 0.294. The lowest BCUT2D eigenvalue weighted by Gasteiger charge is -2.33. The molecule has 0 radical (unpaired) electrons. The Balaban J connectivity index is 1.67. The minimum atomic E-state index is -3.46. The zero-order chi connectivity index (χ0) is 15.9. The van der Waals surface area contributed by atoms with Gasteiger partial charge in [-0.25, -0.2) is 18.4 Å². The molecule has 1 aromatic heterocycles. The van der Waals surface area contributed by atoms with Gasteiger partial charge < -0.3 is 0 Å². The summed E-state index contributed by atoms with van der Waals surface area (Å²) in [4.78, 5) is 8.39. The Morgan fingerprint density at radius 2 is 2.00 bits per heavy atom. The number of rotatable bonds is 3. The molecule has 4 rings (SSSR count). The average molecular weight is 327 g/mol. The van der Waals surface area contributed by atoms with Crippen molar-refractivity contribution in [1.29, 1.82) is 0 Å². The summed E-state index contributed by atoms with van der Waals surface area (Å²) in [5.41, 5.74) is 2.83. The van der Waals surface area contributed by atoms with Gasteiger partial charge >= 0.3 is 0 Å². The van der Waals surface area contributed by atoms with Crippen LogP contribution in [-0.2, 0) is 16.4 Å². The number of fused-ring (bicyclic) bond motifs is 4. The maximum atomic E-state index is 12.8. The van der Waals surface area contributed by atoms with Gasteiger partial charge in [-0.15, -0.1) is 0 Å². The van der Waals surface area contributed by atoms with Crippen LogP contribution in [0.3, 0.4) is 0 Å². The van der Waals surface area contributed by atoms with Crippen molar-refractivity contribution in [2.24, 2.45) is 0 Å². The van der Waals surface area contributed by atoms with Crippen molar-refractivity contribution >= 4 is 16.1 Å². The topological polar surface area (TPSA) is 63.2 Å². The van der Waals surface area contributed by atoms with Gasteiger partial charge in [0.25, 0.3) is 0 Å². The first-order chi connectivity index (χ1) is 11.1. The van der Waals surface area contributed by atoms with Crippen LogP contribution in [0, 0.1) is 0 Å². The normalized spacial score (nSPS) is 24.0. The molecule has 2 bridgehead atoms. The smallest absolute Gasteiger partial charge is 0.237 e. The van der Waals surface area contributed by atoms with E-state index in [-0.39, 0.29) is 12.1 Å². The molecule has 1 aromatic carbocycles. The van der Waals surface area contributed by atoms with Crippen LogP contribution >= 0.6 is 0 Å². The average Bonchev–Trinajstić information content (AvgIpc) is 2.91. The molecule has 0 amide bonds. The second-order valence-electron chi connectivity index (χ2n) is 5.96. The molecule has 2 aliphatic heterocycles. The molecule has 2 aliphatic rings. The van der Waals surface area contributed by atoms with Crippen LogP contribution in [0.25, 0.3) is 6.08 Å². The highest BCUT2D eigenvalue weighted by Crippen LogP contribution is 2.44. The van der Waals surface area contributed by atoms with Crippen molar-refractivity contribution < 1.29 is 8.42 Å². The Morgan fingerprint density at radius 3 is 2.83 bits per heavy atom. The summed E-state index contributed by atoms with van der Waals surface area (Å²) in [5, 5.41) is 1.32. The summed E-state index contributed by atoms with van der Waals surface area (Å²) < 4.78 is 27.3. The molecule has 0 aliphatic carbocycles. The van der Waals surface area contributed by atoms with E-state index in [2.05, 4.69) is 9.97 Å². The largest absolute Gasteiger partial charge is 0.244 e. The van der Waals surface area contributed by atoms with Crippen LogP contribution in [0.1, 0.15) is 35.7 Å². The SMILES string of the molecule is O=S(=O)(/C=C/c1ccccc1)N1[C@H]2CC[C@H]1c1cncnc1C2. The van der Waals surface area contributed by atoms with Gasteiger partial charge in [0.1, 0.15) is 6.33 Å². The number of aromatic nitrogens is 2. The monoisotopic (exact) mass is 327 g/mol. The van der Waals surface area contributed by atoms with E-state index < -0.39 is 10.0 Å². The summed E-state index contributed by atoms with van der Waals surface area (Å²) in [5.74, 6) is 0. The molecule has 2 atom stereocenters. The van der Waals surface area contributed by atoms with E-state index in [1.54, 1.807) is 16.6 Å². The molecule has 118 valence electrons. The first kappa shape index (κ1) is 14.5. The maximum Gasteiger partial charge on any atom is 0.237 e. The number of benzene rings is 1. The van der Waals surface area contributed by atoms with Crippen LogP contribution in [0.5, 0.6) is 0 Å². The third-order valence-electron chi connectivity index (χ3n) is 4.58. The number of nitrogens with zero attached hydrogens (tertiary/aromatic N) is 3. The number of hydrogen-bond acceptors (Lipinski definition) is 4. The van der Waals surface area contributed by atoms with Crippen LogP contribution < -0.4 is 0 Å². The standard InChI is InChI=1S/C17H17N3O2S/c21-23(22,9-8-13-4-2-1-3-5-13)20-14-6-7-17(20)15-11-18-12-19-16(15)10-14/h1-5,8-9,11-12,14,17H,6-7,10H2/b9-8+/t14-,17-/m0/s1. The van der Waals surface area contributed by atoms with Crippen LogP contribution in [-0.4, -0.2) is 28.7 Å². The molecule has 0 N–H and O–H groups in total. The summed E-state index contributed by atoms with van der Waals surface area (Å²) in [6, 6.07) is 9.35. The van der Waals surface area contributed by atoms with E-state index in [0.29, 0.717) is 6.42 Å². The first-order valence-electron chi connectivity index (χ1n) is 7.70. The lowest BCUT2D eigenvalue weighted by Crippen LogP contribution is -2.41. The van der Waals surface area contributed by atoms with Gasteiger partial charge in [0, 0.05) is 29.6 Å². The molecule has 23 heavy (non-hydrogen) atoms. The highest BCUT2D eigenvalue weighted by atomic mass is 32.2. The minimum absolute atomic E-state index is 0.00724. The highest BCUT2D eigenvalue weighted by Gasteiger charge is 2.45. The number of hydrogen-bond donors (Lipinski definition) is 0. The molecule has 2 aromatic rings. The van der Waals surface area contributed by atoms with Gasteiger partial charge in [-0.2, -0.15) is 4.31 Å². The van der Waals surface area contributed by atoms with E-state index in [0.717, 1.165) is 29.7 Å². The van der Waals surface area contributed by atoms with E-state index in [4.69, 9.17) is 0 Å². The predicted octanol–water partition coefficient (Wildman–Crippen LogP) is 2.54. The highest BCUT2D eigenvalue weighted by molar-refractivity contribution is 7.92. The van der Waals surface area contributed by atoms with Gasteiger partial charge in [0.2, 0.25) is 10.0 Å². The molecular weight excluding hydrogens is 310 g/mol. The van der Waals surface area contributed by atoms with Crippen LogP contribution in [0.2, 0.25) is 0 Å². The van der Waals surface area contributed by atoms with Gasteiger partial charge in [-0.05, 0) is 24.5 Å². The fourth-order valence-electron chi connectivity index (χ4n) is 3.57.